The highest BCUT2D eigenvalue weighted by Gasteiger charge is 2.37. The first-order valence-electron chi connectivity index (χ1n) is 6.32. The molecule has 0 fully saturated rings. The maximum Gasteiger partial charge on any atom is 0.244 e. The zero-order chi connectivity index (χ0) is 14.6. The van der Waals surface area contributed by atoms with Crippen LogP contribution >= 0.6 is 7.14 Å². The van der Waals surface area contributed by atoms with Crippen LogP contribution in [0.1, 0.15) is 6.92 Å². The van der Waals surface area contributed by atoms with Crippen LogP contribution in [-0.4, -0.2) is 11.6 Å². The lowest BCUT2D eigenvalue weighted by atomic mass is 10.4. The monoisotopic (exact) mass is 288 g/mol. The van der Waals surface area contributed by atoms with E-state index in [9.17, 15) is 9.36 Å². The molecule has 0 aliphatic heterocycles. The molecule has 104 valence electrons. The molecule has 2 aromatic carbocycles. The van der Waals surface area contributed by atoms with Crippen LogP contribution in [0.15, 0.2) is 60.7 Å². The van der Waals surface area contributed by atoms with E-state index in [1.54, 1.807) is 31.2 Å². The van der Waals surface area contributed by atoms with Gasteiger partial charge in [-0.2, -0.15) is 0 Å². The molecular formula is C15H17N2O2P. The average molecular weight is 288 g/mol. The maximum atomic E-state index is 13.6. The average Bonchev–Trinajstić information content (AvgIpc) is 2.54. The number of hydrazine groups is 1. The predicted molar refractivity (Wildman–Crippen MR) is 81.6 cm³/mol. The van der Waals surface area contributed by atoms with E-state index in [0.717, 1.165) is 0 Å². The normalized spacial score (nSPS) is 12.7. The summed E-state index contributed by atoms with van der Waals surface area (Å²) in [4.78, 5) is 11.9. The van der Waals surface area contributed by atoms with Crippen molar-refractivity contribution in [1.29, 1.82) is 0 Å². The molecule has 2 rings (SSSR count). The number of nitrogens with one attached hydrogen (secondary N) is 1. The van der Waals surface area contributed by atoms with Gasteiger partial charge < -0.3 is 4.57 Å². The second-order valence-electron chi connectivity index (χ2n) is 4.51. The number of hydrogen-bond donors (Lipinski definition) is 2. The third kappa shape index (κ3) is 2.53. The standard InChI is InChI=1S/C15H17N2O2P/c1-12(15(18)17-16)20(19,13-8-4-2-5-9-13)14-10-6-3-7-11-14/h2-12H,16H2,1H3,(H,17,18)/t12-/m1/s1. The SMILES string of the molecule is C[C@H](C(=O)NN)P(=O)(c1ccccc1)c1ccccc1. The highest BCUT2D eigenvalue weighted by atomic mass is 31.2. The zero-order valence-corrected chi connectivity index (χ0v) is 12.1. The van der Waals surface area contributed by atoms with Crippen molar-refractivity contribution in [2.45, 2.75) is 12.6 Å². The minimum absolute atomic E-state index is 0.430. The van der Waals surface area contributed by atoms with Crippen molar-refractivity contribution in [3.05, 3.63) is 60.7 Å². The number of carbonyl (C=O) groups is 1. The highest BCUT2D eigenvalue weighted by molar-refractivity contribution is 7.80. The van der Waals surface area contributed by atoms with Crippen LogP contribution < -0.4 is 21.9 Å². The molecule has 0 radical (unpaired) electrons. The summed E-state index contributed by atoms with van der Waals surface area (Å²) in [6, 6.07) is 18.1. The van der Waals surface area contributed by atoms with Crippen LogP contribution in [0.25, 0.3) is 0 Å². The van der Waals surface area contributed by atoms with Gasteiger partial charge in [-0.05, 0) is 6.92 Å². The molecule has 0 bridgehead atoms. The van der Waals surface area contributed by atoms with E-state index in [-0.39, 0.29) is 0 Å². The number of amides is 1. The van der Waals surface area contributed by atoms with Crippen LogP contribution in [0.3, 0.4) is 0 Å². The van der Waals surface area contributed by atoms with E-state index >= 15 is 0 Å². The molecule has 4 nitrogen and oxygen atoms in total. The number of carbonyl (C=O) groups excluding carboxylic acids is 1. The Balaban J connectivity index is 2.61. The van der Waals surface area contributed by atoms with Gasteiger partial charge in [0.15, 0.2) is 7.14 Å². The van der Waals surface area contributed by atoms with E-state index in [1.165, 1.54) is 0 Å². The summed E-state index contributed by atoms with van der Waals surface area (Å²) in [5.41, 5.74) is 1.37. The topological polar surface area (TPSA) is 72.2 Å². The molecule has 0 saturated heterocycles. The fourth-order valence-corrected chi connectivity index (χ4v) is 5.01. The number of hydrogen-bond acceptors (Lipinski definition) is 3. The van der Waals surface area contributed by atoms with Gasteiger partial charge >= 0.3 is 0 Å². The molecule has 0 saturated carbocycles. The van der Waals surface area contributed by atoms with Gasteiger partial charge in [0.1, 0.15) is 0 Å². The molecule has 1 atom stereocenters. The number of benzene rings is 2. The van der Waals surface area contributed by atoms with Crippen molar-refractivity contribution in [2.75, 3.05) is 0 Å². The minimum Gasteiger partial charge on any atom is -0.313 e. The van der Waals surface area contributed by atoms with Crippen molar-refractivity contribution in [3.63, 3.8) is 0 Å². The number of rotatable bonds is 4. The van der Waals surface area contributed by atoms with Crippen LogP contribution in [-0.2, 0) is 9.36 Å². The van der Waals surface area contributed by atoms with Crippen molar-refractivity contribution in [1.82, 2.24) is 5.43 Å². The summed E-state index contributed by atoms with van der Waals surface area (Å²) < 4.78 is 13.6. The van der Waals surface area contributed by atoms with E-state index in [0.29, 0.717) is 10.6 Å². The van der Waals surface area contributed by atoms with Gasteiger partial charge in [-0.3, -0.25) is 10.2 Å². The first kappa shape index (κ1) is 14.5. The van der Waals surface area contributed by atoms with Crippen LogP contribution in [0.2, 0.25) is 0 Å². The lowest BCUT2D eigenvalue weighted by Gasteiger charge is -2.24. The summed E-state index contributed by atoms with van der Waals surface area (Å²) in [7, 11) is -3.08. The van der Waals surface area contributed by atoms with Crippen molar-refractivity contribution < 1.29 is 9.36 Å². The molecule has 5 heteroatoms. The second-order valence-corrected chi connectivity index (χ2v) is 7.64. The van der Waals surface area contributed by atoms with Crippen LogP contribution in [0, 0.1) is 0 Å². The fourth-order valence-electron chi connectivity index (χ4n) is 2.18. The van der Waals surface area contributed by atoms with Crippen molar-refractivity contribution >= 4 is 23.7 Å². The second kappa shape index (κ2) is 6.04. The predicted octanol–water partition coefficient (Wildman–Crippen LogP) is 1.38. The molecule has 2 aromatic rings. The first-order valence-corrected chi connectivity index (χ1v) is 8.09. The van der Waals surface area contributed by atoms with E-state index in [1.807, 2.05) is 36.4 Å². The Morgan fingerprint density at radius 3 is 1.75 bits per heavy atom. The Bertz CT molecular complexity index is 585. The molecule has 0 aliphatic carbocycles. The Morgan fingerprint density at radius 2 is 1.40 bits per heavy atom. The zero-order valence-electron chi connectivity index (χ0n) is 11.2. The van der Waals surface area contributed by atoms with Gasteiger partial charge in [0, 0.05) is 10.6 Å². The summed E-state index contributed by atoms with van der Waals surface area (Å²) in [5, 5.41) is 1.31. The molecule has 0 unspecified atom stereocenters. The van der Waals surface area contributed by atoms with E-state index in [2.05, 4.69) is 5.43 Å². The van der Waals surface area contributed by atoms with Gasteiger partial charge in [-0.1, -0.05) is 60.7 Å². The van der Waals surface area contributed by atoms with Gasteiger partial charge in [-0.15, -0.1) is 0 Å². The Labute approximate surface area is 118 Å². The van der Waals surface area contributed by atoms with Crippen molar-refractivity contribution in [2.24, 2.45) is 5.84 Å². The lowest BCUT2D eigenvalue weighted by molar-refractivity contribution is -0.120. The van der Waals surface area contributed by atoms with Gasteiger partial charge in [-0.25, -0.2) is 5.84 Å². The lowest BCUT2D eigenvalue weighted by Crippen LogP contribution is -2.41. The van der Waals surface area contributed by atoms with E-state index in [4.69, 9.17) is 5.84 Å². The van der Waals surface area contributed by atoms with Crippen LogP contribution in [0.4, 0.5) is 0 Å². The maximum absolute atomic E-state index is 13.6. The molecule has 0 aromatic heterocycles. The molecule has 0 heterocycles. The molecule has 0 aliphatic rings. The van der Waals surface area contributed by atoms with Gasteiger partial charge in [0.05, 0.1) is 5.66 Å². The summed E-state index contributed by atoms with van der Waals surface area (Å²) in [6.45, 7) is 1.64. The quantitative estimate of drug-likeness (QED) is 0.386. The van der Waals surface area contributed by atoms with Crippen molar-refractivity contribution in [3.8, 4) is 0 Å². The summed E-state index contributed by atoms with van der Waals surface area (Å²) in [5.74, 6) is 4.78. The van der Waals surface area contributed by atoms with Crippen LogP contribution in [0.5, 0.6) is 0 Å². The Hall–Kier alpha value is -1.90. The first-order chi connectivity index (χ1) is 9.60. The summed E-state index contributed by atoms with van der Waals surface area (Å²) >= 11 is 0. The molecular weight excluding hydrogens is 271 g/mol. The Kier molecular flexibility index (Phi) is 4.38. The number of nitrogens with two attached hydrogens (primary N) is 1. The third-order valence-electron chi connectivity index (χ3n) is 3.35. The van der Waals surface area contributed by atoms with Gasteiger partial charge in [0.25, 0.3) is 0 Å². The third-order valence-corrected chi connectivity index (χ3v) is 6.80. The largest absolute Gasteiger partial charge is 0.313 e. The molecule has 1 amide bonds. The van der Waals surface area contributed by atoms with Gasteiger partial charge in [0.2, 0.25) is 5.91 Å². The molecule has 3 N–H and O–H groups in total. The Morgan fingerprint density at radius 1 is 1.00 bits per heavy atom. The minimum atomic E-state index is -3.08. The smallest absolute Gasteiger partial charge is 0.244 e. The fraction of sp³-hybridized carbons (Fsp3) is 0.133. The molecule has 20 heavy (non-hydrogen) atoms. The molecule has 0 spiro atoms. The summed E-state index contributed by atoms with van der Waals surface area (Å²) in [6.07, 6.45) is 0. The highest BCUT2D eigenvalue weighted by Crippen LogP contribution is 2.48. The van der Waals surface area contributed by atoms with E-state index < -0.39 is 18.7 Å².